The highest BCUT2D eigenvalue weighted by Gasteiger charge is 2.33. The molecule has 1 fully saturated rings. The van der Waals surface area contributed by atoms with E-state index in [2.05, 4.69) is 14.0 Å². The lowest BCUT2D eigenvalue weighted by molar-refractivity contribution is -0.902. The Balaban J connectivity index is 0.00000729. The molecular formula is C23H48ClNO2S. The van der Waals surface area contributed by atoms with E-state index in [4.69, 9.17) is 0 Å². The Morgan fingerprint density at radius 2 is 1.11 bits per heavy atom. The van der Waals surface area contributed by atoms with E-state index < -0.39 is 9.84 Å². The van der Waals surface area contributed by atoms with Gasteiger partial charge in [-0.2, -0.15) is 0 Å². The molecule has 28 heavy (non-hydrogen) atoms. The molecule has 170 valence electrons. The molecule has 2 atom stereocenters. The number of quaternary nitrogens is 1. The van der Waals surface area contributed by atoms with Gasteiger partial charge in [0, 0.05) is 6.42 Å². The maximum atomic E-state index is 11.6. The molecule has 0 aliphatic carbocycles. The van der Waals surface area contributed by atoms with Crippen LogP contribution in [0.15, 0.2) is 0 Å². The molecule has 0 saturated carbocycles. The van der Waals surface area contributed by atoms with Gasteiger partial charge in [0.2, 0.25) is 0 Å². The highest BCUT2D eigenvalue weighted by molar-refractivity contribution is 7.91. The molecule has 5 heteroatoms. The van der Waals surface area contributed by atoms with Crippen molar-refractivity contribution in [3.05, 3.63) is 0 Å². The lowest BCUT2D eigenvalue weighted by atomic mass is 10.0. The summed E-state index contributed by atoms with van der Waals surface area (Å²) in [6, 6.07) is 0.353. The van der Waals surface area contributed by atoms with Crippen molar-refractivity contribution >= 4 is 9.84 Å². The van der Waals surface area contributed by atoms with Crippen molar-refractivity contribution in [2.24, 2.45) is 0 Å². The molecule has 0 aromatic rings. The van der Waals surface area contributed by atoms with Crippen LogP contribution in [0.5, 0.6) is 0 Å². The van der Waals surface area contributed by atoms with Gasteiger partial charge in [0.25, 0.3) is 0 Å². The maximum absolute atomic E-state index is 11.6. The Kier molecular flexibility index (Phi) is 18.1. The lowest BCUT2D eigenvalue weighted by Crippen LogP contribution is -3.13. The minimum absolute atomic E-state index is 0. The summed E-state index contributed by atoms with van der Waals surface area (Å²) in [7, 11) is -0.545. The Morgan fingerprint density at radius 3 is 1.46 bits per heavy atom. The van der Waals surface area contributed by atoms with Crippen molar-refractivity contribution in [2.45, 2.75) is 122 Å². The average Bonchev–Trinajstić information content (AvgIpc) is 3.01. The van der Waals surface area contributed by atoms with Crippen LogP contribution in [0, 0.1) is 0 Å². The summed E-state index contributed by atoms with van der Waals surface area (Å²) in [6.07, 6.45) is 23.3. The quantitative estimate of drug-likeness (QED) is 0.333. The zero-order valence-electron chi connectivity index (χ0n) is 18.8. The number of hydrogen-bond donors (Lipinski definition) is 1. The van der Waals surface area contributed by atoms with Gasteiger partial charge in [-0.1, -0.05) is 96.8 Å². The van der Waals surface area contributed by atoms with Crippen LogP contribution in [-0.2, 0) is 9.84 Å². The second-order valence-corrected chi connectivity index (χ2v) is 11.2. The first-order chi connectivity index (χ1) is 13.0. The zero-order chi connectivity index (χ0) is 19.8. The Hall–Kier alpha value is 0.200. The topological polar surface area (TPSA) is 38.6 Å². The Bertz CT molecular complexity index is 442. The molecular weight excluding hydrogens is 390 g/mol. The molecule has 0 radical (unpaired) electrons. The van der Waals surface area contributed by atoms with Crippen LogP contribution in [0.2, 0.25) is 0 Å². The predicted molar refractivity (Wildman–Crippen MR) is 118 cm³/mol. The monoisotopic (exact) mass is 437 g/mol. The van der Waals surface area contributed by atoms with Gasteiger partial charge in [0.15, 0.2) is 9.84 Å². The van der Waals surface area contributed by atoms with E-state index in [0.717, 1.165) is 13.0 Å². The molecule has 1 saturated heterocycles. The molecule has 1 aliphatic heterocycles. The number of halogens is 1. The van der Waals surface area contributed by atoms with E-state index in [1.165, 1.54) is 108 Å². The fourth-order valence-electron chi connectivity index (χ4n) is 4.34. The third-order valence-corrected chi connectivity index (χ3v) is 8.12. The molecule has 0 aromatic carbocycles. The van der Waals surface area contributed by atoms with E-state index in [1.807, 2.05) is 0 Å². The third kappa shape index (κ3) is 15.1. The molecule has 2 unspecified atom stereocenters. The largest absolute Gasteiger partial charge is 1.00 e. The summed E-state index contributed by atoms with van der Waals surface area (Å²) in [5.41, 5.74) is 0. The minimum atomic E-state index is -2.72. The smallest absolute Gasteiger partial charge is 0.156 e. The zero-order valence-corrected chi connectivity index (χ0v) is 20.4. The van der Waals surface area contributed by atoms with Crippen molar-refractivity contribution in [1.29, 1.82) is 0 Å². The molecule has 0 aromatic heterocycles. The highest BCUT2D eigenvalue weighted by atomic mass is 35.5. The molecule has 3 nitrogen and oxygen atoms in total. The SMILES string of the molecule is CCCCCCCCCCCCCCCCCC[NH+](C)C1CCS(=O)(=O)C1.[Cl-]. The van der Waals surface area contributed by atoms with Gasteiger partial charge in [-0.15, -0.1) is 0 Å². The summed E-state index contributed by atoms with van der Waals surface area (Å²) in [5, 5.41) is 0. The van der Waals surface area contributed by atoms with Gasteiger partial charge < -0.3 is 17.3 Å². The second kappa shape index (κ2) is 18.0. The van der Waals surface area contributed by atoms with Gasteiger partial charge in [0.05, 0.1) is 19.3 Å². The van der Waals surface area contributed by atoms with Crippen LogP contribution in [0.4, 0.5) is 0 Å². The number of unbranched alkanes of at least 4 members (excludes halogenated alkanes) is 15. The van der Waals surface area contributed by atoms with Crippen LogP contribution in [0.1, 0.15) is 116 Å². The van der Waals surface area contributed by atoms with Crippen molar-refractivity contribution in [2.75, 3.05) is 25.1 Å². The second-order valence-electron chi connectivity index (χ2n) is 9.00. The molecule has 0 amide bonds. The number of sulfone groups is 1. The van der Waals surface area contributed by atoms with Gasteiger partial charge in [-0.25, -0.2) is 8.42 Å². The van der Waals surface area contributed by atoms with Crippen molar-refractivity contribution in [3.8, 4) is 0 Å². The van der Waals surface area contributed by atoms with Crippen LogP contribution < -0.4 is 17.3 Å². The minimum Gasteiger partial charge on any atom is -1.00 e. The van der Waals surface area contributed by atoms with E-state index in [1.54, 1.807) is 0 Å². The van der Waals surface area contributed by atoms with Crippen molar-refractivity contribution in [1.82, 2.24) is 0 Å². The summed E-state index contributed by atoms with van der Waals surface area (Å²) >= 11 is 0. The predicted octanol–water partition coefficient (Wildman–Crippen LogP) is 1.95. The number of rotatable bonds is 18. The highest BCUT2D eigenvalue weighted by Crippen LogP contribution is 2.13. The fourth-order valence-corrected chi connectivity index (χ4v) is 6.21. The third-order valence-electron chi connectivity index (χ3n) is 6.35. The molecule has 0 bridgehead atoms. The lowest BCUT2D eigenvalue weighted by Gasteiger charge is -2.19. The number of nitrogens with one attached hydrogen (secondary N) is 1. The van der Waals surface area contributed by atoms with E-state index in [0.29, 0.717) is 17.5 Å². The number of hydrogen-bond acceptors (Lipinski definition) is 2. The summed E-state index contributed by atoms with van der Waals surface area (Å²) in [5.74, 6) is 0.825. The first-order valence-electron chi connectivity index (χ1n) is 12.1. The van der Waals surface area contributed by atoms with Gasteiger partial charge in [0.1, 0.15) is 11.8 Å². The van der Waals surface area contributed by atoms with Crippen molar-refractivity contribution in [3.63, 3.8) is 0 Å². The van der Waals surface area contributed by atoms with Crippen LogP contribution in [0.3, 0.4) is 0 Å². The first kappa shape index (κ1) is 28.2. The van der Waals surface area contributed by atoms with Crippen molar-refractivity contribution < 1.29 is 25.7 Å². The Morgan fingerprint density at radius 1 is 0.714 bits per heavy atom. The fraction of sp³-hybridized carbons (Fsp3) is 1.00. The van der Waals surface area contributed by atoms with E-state index in [-0.39, 0.29) is 12.4 Å². The van der Waals surface area contributed by atoms with Crippen LogP contribution in [-0.4, -0.2) is 39.6 Å². The van der Waals surface area contributed by atoms with E-state index >= 15 is 0 Å². The van der Waals surface area contributed by atoms with Crippen LogP contribution in [0.25, 0.3) is 0 Å². The van der Waals surface area contributed by atoms with E-state index in [9.17, 15) is 8.42 Å². The normalized spacial score (nSPS) is 19.4. The molecule has 1 rings (SSSR count). The summed E-state index contributed by atoms with van der Waals surface area (Å²) in [4.78, 5) is 1.43. The molecule has 1 aliphatic rings. The molecule has 1 heterocycles. The van der Waals surface area contributed by atoms with Gasteiger partial charge in [-0.3, -0.25) is 0 Å². The molecule has 1 N–H and O–H groups in total. The summed E-state index contributed by atoms with van der Waals surface area (Å²) < 4.78 is 23.1. The van der Waals surface area contributed by atoms with Gasteiger partial charge in [-0.05, 0) is 12.8 Å². The van der Waals surface area contributed by atoms with Gasteiger partial charge >= 0.3 is 0 Å². The average molecular weight is 438 g/mol. The maximum Gasteiger partial charge on any atom is 0.156 e. The molecule has 0 spiro atoms. The Labute approximate surface area is 182 Å². The van der Waals surface area contributed by atoms with Crippen LogP contribution >= 0.6 is 0 Å². The first-order valence-corrected chi connectivity index (χ1v) is 13.9. The standard InChI is InChI=1S/C23H47NO2S.ClH/c1-3-4-5-6-7-8-9-10-11-12-13-14-15-16-17-18-20-24(2)23-19-21-27(25,26)22-23;/h23H,3-22H2,1-2H3;1H. The summed E-state index contributed by atoms with van der Waals surface area (Å²) in [6.45, 7) is 3.42.